The summed E-state index contributed by atoms with van der Waals surface area (Å²) in [6.07, 6.45) is 1.82. The minimum Gasteiger partial charge on any atom is -0.361 e. The minimum atomic E-state index is 0.824. The van der Waals surface area contributed by atoms with Crippen LogP contribution < -0.4 is 5.32 Å². The van der Waals surface area contributed by atoms with E-state index in [1.807, 2.05) is 56.4 Å². The van der Waals surface area contributed by atoms with Gasteiger partial charge in [-0.05, 0) is 43.7 Å². The van der Waals surface area contributed by atoms with Crippen LogP contribution in [0.2, 0.25) is 0 Å². The SMILES string of the molecule is Cc1noc(C)c1-c1ccc2c(Nc3ccccc3)ccnc2c1. The maximum absolute atomic E-state index is 5.28. The van der Waals surface area contributed by atoms with E-state index in [4.69, 9.17) is 4.52 Å². The number of hydrogen-bond acceptors (Lipinski definition) is 4. The average Bonchev–Trinajstić information content (AvgIpc) is 2.94. The average molecular weight is 315 g/mol. The van der Waals surface area contributed by atoms with E-state index >= 15 is 0 Å². The molecule has 2 heterocycles. The second kappa shape index (κ2) is 5.81. The third-order valence-corrected chi connectivity index (χ3v) is 4.12. The topological polar surface area (TPSA) is 51.0 Å². The number of nitrogens with zero attached hydrogens (tertiary/aromatic N) is 2. The molecule has 2 aromatic carbocycles. The zero-order valence-corrected chi connectivity index (χ0v) is 13.6. The van der Waals surface area contributed by atoms with Crippen LogP contribution in [-0.4, -0.2) is 10.1 Å². The van der Waals surface area contributed by atoms with E-state index in [2.05, 4.69) is 33.7 Å². The molecule has 0 atom stereocenters. The predicted octanol–water partition coefficient (Wildman–Crippen LogP) is 5.25. The molecular formula is C20H17N3O. The zero-order chi connectivity index (χ0) is 16.5. The van der Waals surface area contributed by atoms with Crippen LogP contribution in [0.5, 0.6) is 0 Å². The molecular weight excluding hydrogens is 298 g/mol. The summed E-state index contributed by atoms with van der Waals surface area (Å²) >= 11 is 0. The molecule has 0 amide bonds. The fourth-order valence-electron chi connectivity index (χ4n) is 2.98. The van der Waals surface area contributed by atoms with Gasteiger partial charge in [-0.2, -0.15) is 0 Å². The van der Waals surface area contributed by atoms with E-state index in [1.54, 1.807) is 0 Å². The summed E-state index contributed by atoms with van der Waals surface area (Å²) in [6.45, 7) is 3.89. The maximum atomic E-state index is 5.28. The number of hydrogen-bond donors (Lipinski definition) is 1. The number of para-hydroxylation sites is 1. The lowest BCUT2D eigenvalue weighted by Gasteiger charge is -2.10. The van der Waals surface area contributed by atoms with Crippen molar-refractivity contribution in [2.75, 3.05) is 5.32 Å². The lowest BCUT2D eigenvalue weighted by Crippen LogP contribution is -1.93. The Kier molecular flexibility index (Phi) is 3.50. The van der Waals surface area contributed by atoms with Crippen LogP contribution in [0.3, 0.4) is 0 Å². The smallest absolute Gasteiger partial charge is 0.141 e. The standard InChI is InChI=1S/C20H17N3O/c1-13-20(14(2)24-23-13)15-8-9-17-18(10-11-21-19(17)12-15)22-16-6-4-3-5-7-16/h3-12H,1-2H3,(H,21,22). The number of rotatable bonds is 3. The summed E-state index contributed by atoms with van der Waals surface area (Å²) < 4.78 is 5.28. The van der Waals surface area contributed by atoms with Gasteiger partial charge < -0.3 is 9.84 Å². The molecule has 4 heteroatoms. The van der Waals surface area contributed by atoms with Crippen molar-refractivity contribution < 1.29 is 4.52 Å². The first-order chi connectivity index (χ1) is 11.7. The van der Waals surface area contributed by atoms with Gasteiger partial charge in [0.05, 0.1) is 11.2 Å². The van der Waals surface area contributed by atoms with Gasteiger partial charge in [0.1, 0.15) is 5.76 Å². The van der Waals surface area contributed by atoms with Gasteiger partial charge in [0.15, 0.2) is 0 Å². The summed E-state index contributed by atoms with van der Waals surface area (Å²) in [5, 5.41) is 8.57. The van der Waals surface area contributed by atoms with Crippen molar-refractivity contribution in [3.63, 3.8) is 0 Å². The van der Waals surface area contributed by atoms with Crippen molar-refractivity contribution in [2.45, 2.75) is 13.8 Å². The van der Waals surface area contributed by atoms with E-state index in [9.17, 15) is 0 Å². The molecule has 0 unspecified atom stereocenters. The Morgan fingerprint density at radius 3 is 2.54 bits per heavy atom. The van der Waals surface area contributed by atoms with Crippen LogP contribution in [-0.2, 0) is 0 Å². The Morgan fingerprint density at radius 2 is 1.79 bits per heavy atom. The molecule has 4 rings (SSSR count). The zero-order valence-electron chi connectivity index (χ0n) is 13.6. The molecule has 2 aromatic heterocycles. The minimum absolute atomic E-state index is 0.824. The number of anilines is 2. The molecule has 4 aromatic rings. The van der Waals surface area contributed by atoms with E-state index in [-0.39, 0.29) is 0 Å². The maximum Gasteiger partial charge on any atom is 0.141 e. The summed E-state index contributed by atoms with van der Waals surface area (Å²) in [6, 6.07) is 18.4. The highest BCUT2D eigenvalue weighted by Crippen LogP contribution is 2.32. The Bertz CT molecular complexity index is 987. The van der Waals surface area contributed by atoms with Crippen LogP contribution >= 0.6 is 0 Å². The third-order valence-electron chi connectivity index (χ3n) is 4.12. The monoisotopic (exact) mass is 315 g/mol. The van der Waals surface area contributed by atoms with Crippen LogP contribution in [0, 0.1) is 13.8 Å². The highest BCUT2D eigenvalue weighted by molar-refractivity contribution is 5.95. The second-order valence-electron chi connectivity index (χ2n) is 5.78. The second-order valence-corrected chi connectivity index (χ2v) is 5.78. The molecule has 0 saturated heterocycles. The van der Waals surface area contributed by atoms with Crippen LogP contribution in [0.25, 0.3) is 22.0 Å². The van der Waals surface area contributed by atoms with Crippen LogP contribution in [0.4, 0.5) is 11.4 Å². The molecule has 0 fully saturated rings. The predicted molar refractivity (Wildman–Crippen MR) is 96.4 cm³/mol. The highest BCUT2D eigenvalue weighted by Gasteiger charge is 2.12. The van der Waals surface area contributed by atoms with Gasteiger partial charge >= 0.3 is 0 Å². The fourth-order valence-corrected chi connectivity index (χ4v) is 2.98. The van der Waals surface area contributed by atoms with Gasteiger partial charge in [0, 0.05) is 28.5 Å². The first-order valence-corrected chi connectivity index (χ1v) is 7.86. The third kappa shape index (κ3) is 2.52. The first kappa shape index (κ1) is 14.5. The van der Waals surface area contributed by atoms with Crippen molar-refractivity contribution in [2.24, 2.45) is 0 Å². The summed E-state index contributed by atoms with van der Waals surface area (Å²) in [7, 11) is 0. The number of aromatic nitrogens is 2. The molecule has 1 N–H and O–H groups in total. The molecule has 0 saturated carbocycles. The number of nitrogens with one attached hydrogen (secondary N) is 1. The number of benzene rings is 2. The van der Waals surface area contributed by atoms with Crippen molar-refractivity contribution in [3.8, 4) is 11.1 Å². The van der Waals surface area contributed by atoms with E-state index in [0.717, 1.165) is 44.9 Å². The molecule has 0 spiro atoms. The normalized spacial score (nSPS) is 10.9. The van der Waals surface area contributed by atoms with Gasteiger partial charge in [0.2, 0.25) is 0 Å². The lowest BCUT2D eigenvalue weighted by atomic mass is 10.0. The van der Waals surface area contributed by atoms with E-state index < -0.39 is 0 Å². The van der Waals surface area contributed by atoms with Crippen molar-refractivity contribution in [1.82, 2.24) is 10.1 Å². The molecule has 0 bridgehead atoms. The van der Waals surface area contributed by atoms with E-state index in [1.165, 1.54) is 0 Å². The van der Waals surface area contributed by atoms with Gasteiger partial charge in [-0.15, -0.1) is 0 Å². The molecule has 0 aliphatic carbocycles. The molecule has 24 heavy (non-hydrogen) atoms. The van der Waals surface area contributed by atoms with Gasteiger partial charge in [-0.25, -0.2) is 0 Å². The molecule has 4 nitrogen and oxygen atoms in total. The Hall–Kier alpha value is -3.14. The first-order valence-electron chi connectivity index (χ1n) is 7.86. The van der Waals surface area contributed by atoms with Crippen molar-refractivity contribution in [3.05, 3.63) is 72.2 Å². The summed E-state index contributed by atoms with van der Waals surface area (Å²) in [5.41, 5.74) is 6.04. The highest BCUT2D eigenvalue weighted by atomic mass is 16.5. The Balaban J connectivity index is 1.79. The number of aryl methyl sites for hydroxylation is 2. The van der Waals surface area contributed by atoms with Gasteiger partial charge in [-0.1, -0.05) is 35.5 Å². The van der Waals surface area contributed by atoms with Crippen molar-refractivity contribution >= 4 is 22.3 Å². The summed E-state index contributed by atoms with van der Waals surface area (Å²) in [4.78, 5) is 4.52. The molecule has 118 valence electrons. The number of pyridine rings is 1. The Labute approximate surface area is 140 Å². The Morgan fingerprint density at radius 1 is 0.958 bits per heavy atom. The van der Waals surface area contributed by atoms with Gasteiger partial charge in [-0.3, -0.25) is 4.98 Å². The fraction of sp³-hybridized carbons (Fsp3) is 0.100. The quantitative estimate of drug-likeness (QED) is 0.561. The van der Waals surface area contributed by atoms with Gasteiger partial charge in [0.25, 0.3) is 0 Å². The molecule has 0 radical (unpaired) electrons. The summed E-state index contributed by atoms with van der Waals surface area (Å²) in [5.74, 6) is 0.824. The lowest BCUT2D eigenvalue weighted by molar-refractivity contribution is 0.393. The molecule has 0 aliphatic rings. The largest absolute Gasteiger partial charge is 0.361 e. The van der Waals surface area contributed by atoms with Crippen LogP contribution in [0.1, 0.15) is 11.5 Å². The van der Waals surface area contributed by atoms with Crippen LogP contribution in [0.15, 0.2) is 65.3 Å². The molecule has 0 aliphatic heterocycles. The van der Waals surface area contributed by atoms with E-state index in [0.29, 0.717) is 0 Å². The van der Waals surface area contributed by atoms with Crippen molar-refractivity contribution in [1.29, 1.82) is 0 Å². The number of fused-ring (bicyclic) bond motifs is 1.